The second-order valence-corrected chi connectivity index (χ2v) is 4.03. The van der Waals surface area contributed by atoms with Gasteiger partial charge >= 0.3 is 0 Å². The zero-order valence-electron chi connectivity index (χ0n) is 5.93. The molecule has 0 saturated heterocycles. The summed E-state index contributed by atoms with van der Waals surface area (Å²) in [6.45, 7) is 0. The monoisotopic (exact) mass is 327 g/mol. The van der Waals surface area contributed by atoms with Crippen molar-refractivity contribution in [3.63, 3.8) is 0 Å². The Kier molecular flexibility index (Phi) is 3.55. The first kappa shape index (κ1) is 10.8. The Bertz CT molecular complexity index is 403. The minimum Gasteiger partial charge on any atom is -0.205 e. The molecule has 0 fully saturated rings. The van der Waals surface area contributed by atoms with Crippen LogP contribution in [0.4, 0.5) is 10.1 Å². The molecule has 0 bridgehead atoms. The van der Waals surface area contributed by atoms with Gasteiger partial charge in [0.15, 0.2) is 0 Å². The molecule has 0 unspecified atom stereocenters. The molecule has 0 aliphatic rings. The first-order valence-electron chi connectivity index (χ1n) is 2.96. The minimum absolute atomic E-state index is 0.106. The molecule has 0 saturated carbocycles. The third-order valence-corrected chi connectivity index (χ3v) is 3.21. The molecule has 7 heteroatoms. The molecule has 0 radical (unpaired) electrons. The largest absolute Gasteiger partial charge is 0.205 e. The van der Waals surface area contributed by atoms with Crippen LogP contribution < -0.4 is 0 Å². The molecule has 0 aliphatic carbocycles. The second kappa shape index (κ2) is 4.28. The van der Waals surface area contributed by atoms with E-state index in [1.165, 1.54) is 0 Å². The van der Waals surface area contributed by atoms with E-state index in [0.717, 1.165) is 6.07 Å². The third-order valence-electron chi connectivity index (χ3n) is 1.23. The predicted octanol–water partition coefficient (Wildman–Crippen LogP) is 4.95. The SMILES string of the molecule is [N-]=[N+]=Nc1c(Br)cc(F)c(Cl)c1Br. The topological polar surface area (TPSA) is 48.8 Å². The van der Waals surface area contributed by atoms with E-state index in [2.05, 4.69) is 41.9 Å². The average molecular weight is 329 g/mol. The highest BCUT2D eigenvalue weighted by Crippen LogP contribution is 2.40. The van der Waals surface area contributed by atoms with Gasteiger partial charge < -0.3 is 0 Å². The van der Waals surface area contributed by atoms with E-state index in [9.17, 15) is 4.39 Å². The summed E-state index contributed by atoms with van der Waals surface area (Å²) in [5.74, 6) is -0.586. The van der Waals surface area contributed by atoms with Crippen molar-refractivity contribution in [2.75, 3.05) is 0 Å². The molecule has 0 spiro atoms. The van der Waals surface area contributed by atoms with Gasteiger partial charge in [0.25, 0.3) is 0 Å². The normalized spacial score (nSPS) is 9.54. The predicted molar refractivity (Wildman–Crippen MR) is 55.6 cm³/mol. The summed E-state index contributed by atoms with van der Waals surface area (Å²) >= 11 is 11.6. The highest BCUT2D eigenvalue weighted by atomic mass is 79.9. The van der Waals surface area contributed by atoms with E-state index >= 15 is 0 Å². The van der Waals surface area contributed by atoms with Crippen molar-refractivity contribution in [1.82, 2.24) is 0 Å². The number of azide groups is 1. The van der Waals surface area contributed by atoms with E-state index in [4.69, 9.17) is 17.1 Å². The number of benzene rings is 1. The van der Waals surface area contributed by atoms with E-state index in [-0.39, 0.29) is 15.2 Å². The Morgan fingerprint density at radius 2 is 2.15 bits per heavy atom. The van der Waals surface area contributed by atoms with Crippen LogP contribution in [0, 0.1) is 5.82 Å². The van der Waals surface area contributed by atoms with Crippen molar-refractivity contribution >= 4 is 49.1 Å². The quantitative estimate of drug-likeness (QED) is 0.230. The molecule has 0 N–H and O–H groups in total. The van der Waals surface area contributed by atoms with E-state index in [1.807, 2.05) is 0 Å². The summed E-state index contributed by atoms with van der Waals surface area (Å²) in [4.78, 5) is 2.58. The Morgan fingerprint density at radius 1 is 1.54 bits per heavy atom. The lowest BCUT2D eigenvalue weighted by molar-refractivity contribution is 0.626. The van der Waals surface area contributed by atoms with Crippen LogP contribution in [0.15, 0.2) is 20.1 Å². The zero-order chi connectivity index (χ0) is 10.0. The van der Waals surface area contributed by atoms with Crippen LogP contribution in [0.5, 0.6) is 0 Å². The van der Waals surface area contributed by atoms with Crippen molar-refractivity contribution in [2.24, 2.45) is 5.11 Å². The van der Waals surface area contributed by atoms with Gasteiger partial charge in [0, 0.05) is 13.9 Å². The van der Waals surface area contributed by atoms with Gasteiger partial charge in [0.05, 0.1) is 10.7 Å². The maximum absolute atomic E-state index is 12.9. The fourth-order valence-electron chi connectivity index (χ4n) is 0.693. The molecule has 0 heterocycles. The summed E-state index contributed by atoms with van der Waals surface area (Å²) in [5.41, 5.74) is 8.44. The van der Waals surface area contributed by atoms with Crippen molar-refractivity contribution < 1.29 is 4.39 Å². The molecule has 68 valence electrons. The first-order valence-corrected chi connectivity index (χ1v) is 4.92. The number of rotatable bonds is 1. The van der Waals surface area contributed by atoms with Gasteiger partial charge in [0.2, 0.25) is 0 Å². The summed E-state index contributed by atoms with van der Waals surface area (Å²) in [6, 6.07) is 1.14. The van der Waals surface area contributed by atoms with Crippen LogP contribution in [-0.4, -0.2) is 0 Å². The van der Waals surface area contributed by atoms with Gasteiger partial charge in [-0.3, -0.25) is 0 Å². The molecule has 0 aliphatic heterocycles. The number of nitrogens with zero attached hydrogens (tertiary/aromatic N) is 3. The van der Waals surface area contributed by atoms with Crippen molar-refractivity contribution in [3.05, 3.63) is 36.3 Å². The summed E-state index contributed by atoms with van der Waals surface area (Å²) in [7, 11) is 0. The molecule has 13 heavy (non-hydrogen) atoms. The van der Waals surface area contributed by atoms with Crippen LogP contribution in [0.3, 0.4) is 0 Å². The third kappa shape index (κ3) is 2.14. The van der Waals surface area contributed by atoms with Crippen LogP contribution in [0.1, 0.15) is 0 Å². The van der Waals surface area contributed by atoms with Gasteiger partial charge in [-0.25, -0.2) is 4.39 Å². The van der Waals surface area contributed by atoms with Gasteiger partial charge in [-0.1, -0.05) is 32.6 Å². The minimum atomic E-state index is -0.586. The lowest BCUT2D eigenvalue weighted by Crippen LogP contribution is -1.80. The number of hydrogen-bond donors (Lipinski definition) is 0. The molecule has 1 aromatic carbocycles. The highest BCUT2D eigenvalue weighted by molar-refractivity contribution is 9.11. The second-order valence-electron chi connectivity index (χ2n) is 2.01. The van der Waals surface area contributed by atoms with Gasteiger partial charge in [0.1, 0.15) is 5.82 Å². The van der Waals surface area contributed by atoms with E-state index < -0.39 is 5.82 Å². The van der Waals surface area contributed by atoms with E-state index in [1.54, 1.807) is 0 Å². The number of halogens is 4. The van der Waals surface area contributed by atoms with Gasteiger partial charge in [-0.15, -0.1) is 0 Å². The van der Waals surface area contributed by atoms with Crippen LogP contribution >= 0.6 is 43.5 Å². The lowest BCUT2D eigenvalue weighted by atomic mass is 10.3. The smallest absolute Gasteiger partial charge is 0.144 e. The molecule has 0 amide bonds. The van der Waals surface area contributed by atoms with Crippen LogP contribution in [0.2, 0.25) is 5.02 Å². The molecule has 1 rings (SSSR count). The molecule has 3 nitrogen and oxygen atoms in total. The van der Waals surface area contributed by atoms with Gasteiger partial charge in [-0.2, -0.15) is 0 Å². The Balaban J connectivity index is 3.52. The average Bonchev–Trinajstić information content (AvgIpc) is 2.09. The Labute approximate surface area is 94.8 Å². The first-order chi connectivity index (χ1) is 6.07. The zero-order valence-corrected chi connectivity index (χ0v) is 9.86. The molecule has 1 aromatic rings. The molecular formula is C6HBr2ClFN3. The maximum atomic E-state index is 12.9. The number of hydrogen-bond acceptors (Lipinski definition) is 1. The fraction of sp³-hybridized carbons (Fsp3) is 0. The molecule has 0 aromatic heterocycles. The van der Waals surface area contributed by atoms with E-state index in [0.29, 0.717) is 4.47 Å². The highest BCUT2D eigenvalue weighted by Gasteiger charge is 2.12. The lowest BCUT2D eigenvalue weighted by Gasteiger charge is -2.03. The Morgan fingerprint density at radius 3 is 2.69 bits per heavy atom. The van der Waals surface area contributed by atoms with Crippen LogP contribution in [0.25, 0.3) is 10.4 Å². The van der Waals surface area contributed by atoms with Crippen molar-refractivity contribution in [3.8, 4) is 0 Å². The summed E-state index contributed by atoms with van der Waals surface area (Å²) < 4.78 is 13.5. The van der Waals surface area contributed by atoms with Crippen LogP contribution in [-0.2, 0) is 0 Å². The Hall–Kier alpha value is -0.290. The van der Waals surface area contributed by atoms with Crippen molar-refractivity contribution in [2.45, 2.75) is 0 Å². The molecular weight excluding hydrogens is 328 g/mol. The summed E-state index contributed by atoms with van der Waals surface area (Å²) in [6.07, 6.45) is 0. The standard InChI is InChI=1S/C6HBr2ClFN3/c7-2-1-3(10)5(9)4(8)6(2)12-13-11/h1H. The molecule has 0 atom stereocenters. The fourth-order valence-corrected chi connectivity index (χ4v) is 2.06. The van der Waals surface area contributed by atoms with Crippen molar-refractivity contribution in [1.29, 1.82) is 0 Å². The maximum Gasteiger partial charge on any atom is 0.144 e. The summed E-state index contributed by atoms with van der Waals surface area (Å²) in [5, 5.41) is 3.24. The van der Waals surface area contributed by atoms with Gasteiger partial charge in [-0.05, 0) is 27.5 Å².